The Bertz CT molecular complexity index is 642. The maximum absolute atomic E-state index is 11.2. The number of aromatic nitrogens is 1. The smallest absolute Gasteiger partial charge is 0.360 e. The van der Waals surface area contributed by atoms with E-state index in [2.05, 4.69) is 5.16 Å². The van der Waals surface area contributed by atoms with Gasteiger partial charge in [0.15, 0.2) is 0 Å². The van der Waals surface area contributed by atoms with Crippen LogP contribution in [-0.2, 0) is 11.8 Å². The van der Waals surface area contributed by atoms with E-state index >= 15 is 0 Å². The van der Waals surface area contributed by atoms with E-state index in [0.717, 1.165) is 16.8 Å². The first-order valence-corrected chi connectivity index (χ1v) is 5.73. The summed E-state index contributed by atoms with van der Waals surface area (Å²) in [5.74, 6) is -1.26. The summed E-state index contributed by atoms with van der Waals surface area (Å²) >= 11 is 0. The van der Waals surface area contributed by atoms with Crippen LogP contribution in [0.25, 0.3) is 11.1 Å². The maximum Gasteiger partial charge on any atom is 0.360 e. The molecule has 0 amide bonds. The molecule has 0 unspecified atom stereocenters. The lowest BCUT2D eigenvalue weighted by molar-refractivity contribution is -0.129. The zero-order valence-corrected chi connectivity index (χ0v) is 10.7. The molecule has 0 radical (unpaired) electrons. The number of carbonyl (C=O) groups is 1. The van der Waals surface area contributed by atoms with Gasteiger partial charge in [-0.15, -0.1) is 0 Å². The molecule has 0 aliphatic rings. The topological polar surface area (TPSA) is 74.8 Å². The molecule has 0 aliphatic heterocycles. The first-order chi connectivity index (χ1) is 9.06. The van der Waals surface area contributed by atoms with Crippen molar-refractivity contribution in [3.63, 3.8) is 0 Å². The van der Waals surface area contributed by atoms with Crippen LogP contribution in [0.4, 0.5) is 0 Å². The van der Waals surface area contributed by atoms with Crippen molar-refractivity contribution < 1.29 is 15.1 Å². The monoisotopic (exact) mass is 258 g/mol. The van der Waals surface area contributed by atoms with Gasteiger partial charge in [-0.1, -0.05) is 35.5 Å². The Labute approximate surface area is 110 Å². The third kappa shape index (κ3) is 2.22. The lowest BCUT2D eigenvalue weighted by Crippen LogP contribution is -2.19. The van der Waals surface area contributed by atoms with Crippen molar-refractivity contribution in [2.75, 3.05) is 0 Å². The highest BCUT2D eigenvalue weighted by Crippen LogP contribution is 2.27. The van der Waals surface area contributed by atoms with Gasteiger partial charge in [0.2, 0.25) is 5.71 Å². The predicted octanol–water partition coefficient (Wildman–Crippen LogP) is 2.26. The van der Waals surface area contributed by atoms with Crippen molar-refractivity contribution in [1.82, 2.24) is 4.57 Å². The first-order valence-electron chi connectivity index (χ1n) is 5.73. The molecule has 0 saturated carbocycles. The number of hydrogen-bond donors (Lipinski definition) is 2. The van der Waals surface area contributed by atoms with E-state index in [4.69, 9.17) is 10.3 Å². The Morgan fingerprint density at radius 1 is 1.26 bits per heavy atom. The van der Waals surface area contributed by atoms with Crippen molar-refractivity contribution in [2.24, 2.45) is 12.2 Å². The third-order valence-electron chi connectivity index (χ3n) is 3.08. The Kier molecular flexibility index (Phi) is 3.37. The molecule has 0 saturated heterocycles. The molecular weight excluding hydrogens is 244 g/mol. The highest BCUT2D eigenvalue weighted by Gasteiger charge is 2.22. The predicted molar refractivity (Wildman–Crippen MR) is 71.5 cm³/mol. The summed E-state index contributed by atoms with van der Waals surface area (Å²) in [6, 6.07) is 11.3. The summed E-state index contributed by atoms with van der Waals surface area (Å²) in [6.45, 7) is 1.87. The summed E-state index contributed by atoms with van der Waals surface area (Å²) in [6.07, 6.45) is 0. The van der Waals surface area contributed by atoms with Crippen LogP contribution < -0.4 is 0 Å². The molecule has 5 heteroatoms. The largest absolute Gasteiger partial charge is 0.476 e. The van der Waals surface area contributed by atoms with Crippen molar-refractivity contribution in [1.29, 1.82) is 0 Å². The van der Waals surface area contributed by atoms with Crippen LogP contribution in [0.15, 0.2) is 41.6 Å². The van der Waals surface area contributed by atoms with Crippen LogP contribution >= 0.6 is 0 Å². The number of rotatable bonds is 3. The van der Waals surface area contributed by atoms with Gasteiger partial charge in [-0.25, -0.2) is 4.79 Å². The Hall–Kier alpha value is -2.56. The fourth-order valence-corrected chi connectivity index (χ4v) is 2.05. The number of carboxylic acids is 1. The SMILES string of the molecule is Cc1cc(-c2ccccc2)c(C(=NO)C(=O)O)n1C. The summed E-state index contributed by atoms with van der Waals surface area (Å²) in [5, 5.41) is 21.0. The molecule has 0 aliphatic carbocycles. The van der Waals surface area contributed by atoms with Crippen LogP contribution in [0.3, 0.4) is 0 Å². The molecule has 1 aromatic carbocycles. The highest BCUT2D eigenvalue weighted by atomic mass is 16.4. The number of aryl methyl sites for hydroxylation is 1. The van der Waals surface area contributed by atoms with E-state index in [1.807, 2.05) is 43.3 Å². The molecule has 19 heavy (non-hydrogen) atoms. The quantitative estimate of drug-likeness (QED) is 0.504. The minimum atomic E-state index is -1.26. The molecule has 1 aromatic heterocycles. The molecule has 0 fully saturated rings. The van der Waals surface area contributed by atoms with Gasteiger partial charge in [-0.05, 0) is 18.6 Å². The zero-order valence-electron chi connectivity index (χ0n) is 10.7. The molecule has 1 heterocycles. The van der Waals surface area contributed by atoms with E-state index in [9.17, 15) is 4.79 Å². The molecule has 0 bridgehead atoms. The van der Waals surface area contributed by atoms with Crippen LogP contribution in [0, 0.1) is 6.92 Å². The van der Waals surface area contributed by atoms with Crippen LogP contribution in [-0.4, -0.2) is 26.6 Å². The molecular formula is C14H14N2O3. The molecule has 98 valence electrons. The molecule has 0 spiro atoms. The second kappa shape index (κ2) is 4.97. The molecule has 2 aromatic rings. The van der Waals surface area contributed by atoms with E-state index < -0.39 is 5.97 Å². The van der Waals surface area contributed by atoms with Crippen molar-refractivity contribution in [2.45, 2.75) is 6.92 Å². The summed E-state index contributed by atoms with van der Waals surface area (Å²) in [5.41, 5.74) is 2.52. The van der Waals surface area contributed by atoms with Gasteiger partial charge in [0.25, 0.3) is 0 Å². The number of oxime groups is 1. The number of carboxylic acid groups (broad SMARTS) is 1. The van der Waals surface area contributed by atoms with E-state index in [-0.39, 0.29) is 5.71 Å². The highest BCUT2D eigenvalue weighted by molar-refractivity contribution is 6.43. The van der Waals surface area contributed by atoms with Gasteiger partial charge in [0, 0.05) is 18.3 Å². The van der Waals surface area contributed by atoms with Crippen LogP contribution in [0.1, 0.15) is 11.4 Å². The number of nitrogens with zero attached hydrogens (tertiary/aromatic N) is 2. The second-order valence-corrected chi connectivity index (χ2v) is 4.23. The van der Waals surface area contributed by atoms with Crippen LogP contribution in [0.2, 0.25) is 0 Å². The fraction of sp³-hybridized carbons (Fsp3) is 0.143. The van der Waals surface area contributed by atoms with Crippen molar-refractivity contribution in [3.05, 3.63) is 47.8 Å². The fourth-order valence-electron chi connectivity index (χ4n) is 2.05. The zero-order chi connectivity index (χ0) is 14.0. The third-order valence-corrected chi connectivity index (χ3v) is 3.08. The van der Waals surface area contributed by atoms with E-state index in [0.29, 0.717) is 5.69 Å². The van der Waals surface area contributed by atoms with Crippen molar-refractivity contribution in [3.8, 4) is 11.1 Å². The summed E-state index contributed by atoms with van der Waals surface area (Å²) in [4.78, 5) is 11.2. The lowest BCUT2D eigenvalue weighted by Gasteiger charge is -2.07. The average Bonchev–Trinajstić information content (AvgIpc) is 2.69. The summed E-state index contributed by atoms with van der Waals surface area (Å²) in [7, 11) is 1.74. The molecule has 0 atom stereocenters. The average molecular weight is 258 g/mol. The van der Waals surface area contributed by atoms with Gasteiger partial charge in [0.05, 0.1) is 5.69 Å². The molecule has 2 N–H and O–H groups in total. The van der Waals surface area contributed by atoms with Gasteiger partial charge < -0.3 is 14.9 Å². The standard InChI is InChI=1S/C14H14N2O3/c1-9-8-11(10-6-4-3-5-7-10)13(16(9)2)12(15-19)14(17)18/h3-8,19H,1-2H3,(H,17,18). The number of benzene rings is 1. The number of aliphatic carboxylic acids is 1. The normalized spacial score (nSPS) is 11.6. The second-order valence-electron chi connectivity index (χ2n) is 4.23. The Morgan fingerprint density at radius 3 is 2.42 bits per heavy atom. The lowest BCUT2D eigenvalue weighted by atomic mass is 10.0. The Balaban J connectivity index is 2.71. The molecule has 5 nitrogen and oxygen atoms in total. The number of hydrogen-bond acceptors (Lipinski definition) is 3. The van der Waals surface area contributed by atoms with Gasteiger partial charge in [-0.2, -0.15) is 0 Å². The van der Waals surface area contributed by atoms with Gasteiger partial charge >= 0.3 is 5.97 Å². The minimum absolute atomic E-state index is 0.366. The van der Waals surface area contributed by atoms with Gasteiger partial charge in [-0.3, -0.25) is 0 Å². The van der Waals surface area contributed by atoms with Gasteiger partial charge in [0.1, 0.15) is 0 Å². The Morgan fingerprint density at radius 2 is 1.89 bits per heavy atom. The first kappa shape index (κ1) is 12.9. The van der Waals surface area contributed by atoms with Crippen LogP contribution in [0.5, 0.6) is 0 Å². The van der Waals surface area contributed by atoms with E-state index in [1.165, 1.54) is 0 Å². The van der Waals surface area contributed by atoms with E-state index in [1.54, 1.807) is 11.6 Å². The maximum atomic E-state index is 11.2. The summed E-state index contributed by atoms with van der Waals surface area (Å²) < 4.78 is 1.70. The van der Waals surface area contributed by atoms with Crippen molar-refractivity contribution >= 4 is 11.7 Å². The molecule has 2 rings (SSSR count). The minimum Gasteiger partial charge on any atom is -0.476 e.